The Morgan fingerprint density at radius 1 is 0.391 bits per heavy atom. The molecule has 0 spiro atoms. The van der Waals surface area contributed by atoms with Gasteiger partial charge in [-0.2, -0.15) is 0 Å². The van der Waals surface area contributed by atoms with E-state index in [-0.39, 0.29) is 5.41 Å². The number of benzene rings is 7. The highest BCUT2D eigenvalue weighted by molar-refractivity contribution is 5.93. The van der Waals surface area contributed by atoms with Crippen LogP contribution in [0.25, 0.3) is 44.5 Å². The Kier molecular flexibility index (Phi) is 6.88. The second-order valence-electron chi connectivity index (χ2n) is 12.5. The molecular weight excluding hydrogens is 555 g/mol. The molecule has 0 heterocycles. The van der Waals surface area contributed by atoms with Crippen LogP contribution in [0, 0.1) is 6.92 Å². The predicted molar refractivity (Wildman–Crippen MR) is 195 cm³/mol. The monoisotopic (exact) mass is 589 g/mol. The molecule has 7 aromatic carbocycles. The summed E-state index contributed by atoms with van der Waals surface area (Å²) >= 11 is 0. The van der Waals surface area contributed by atoms with Crippen LogP contribution in [0.2, 0.25) is 0 Å². The number of fused-ring (bicyclic) bond motifs is 3. The van der Waals surface area contributed by atoms with Gasteiger partial charge in [0.15, 0.2) is 0 Å². The van der Waals surface area contributed by atoms with E-state index in [1.165, 1.54) is 66.8 Å². The van der Waals surface area contributed by atoms with Gasteiger partial charge in [-0.05, 0) is 99.3 Å². The van der Waals surface area contributed by atoms with Gasteiger partial charge in [0.2, 0.25) is 0 Å². The second-order valence-corrected chi connectivity index (χ2v) is 12.5. The van der Waals surface area contributed by atoms with Crippen molar-refractivity contribution in [2.24, 2.45) is 0 Å². The first-order chi connectivity index (χ1) is 22.6. The molecule has 7 aromatic rings. The maximum Gasteiger partial charge on any atom is 0.0436 e. The highest BCUT2D eigenvalue weighted by Gasteiger charge is 2.40. The van der Waals surface area contributed by atoms with Gasteiger partial charge in [0.1, 0.15) is 0 Å². The molecule has 1 atom stereocenters. The van der Waals surface area contributed by atoms with Gasteiger partial charge in [-0.1, -0.05) is 151 Å². The summed E-state index contributed by atoms with van der Waals surface area (Å²) in [6, 6.07) is 61.7. The molecule has 1 nitrogen and oxygen atoms in total. The standard InChI is InChI=1S/C45H35N/c1-31-21-23-34(24-22-31)45(2)43-20-12-11-19-40(43)41-28-26-36(30-44(41)45)46-35-25-27-38(33-15-7-4-8-16-33)42(29-35)39-18-10-9-17-37(39)32-13-5-3-6-14-32/h3-30,46H,1-2H3. The van der Waals surface area contributed by atoms with Gasteiger partial charge >= 0.3 is 0 Å². The topological polar surface area (TPSA) is 12.0 Å². The van der Waals surface area contributed by atoms with Crippen molar-refractivity contribution in [3.05, 3.63) is 192 Å². The lowest BCUT2D eigenvalue weighted by molar-refractivity contribution is 0.714. The van der Waals surface area contributed by atoms with Crippen molar-refractivity contribution in [1.29, 1.82) is 0 Å². The quantitative estimate of drug-likeness (QED) is 0.203. The van der Waals surface area contributed by atoms with Crippen molar-refractivity contribution >= 4 is 11.4 Å². The normalized spacial score (nSPS) is 14.8. The molecule has 0 aromatic heterocycles. The Hall–Kier alpha value is -5.66. The molecule has 0 fully saturated rings. The van der Waals surface area contributed by atoms with E-state index in [1.807, 2.05) is 0 Å². The van der Waals surface area contributed by atoms with Gasteiger partial charge in [0.25, 0.3) is 0 Å². The zero-order valence-electron chi connectivity index (χ0n) is 26.2. The average molecular weight is 590 g/mol. The van der Waals surface area contributed by atoms with Gasteiger partial charge in [-0.25, -0.2) is 0 Å². The summed E-state index contributed by atoms with van der Waals surface area (Å²) in [6.07, 6.45) is 0. The molecule has 8 rings (SSSR count). The van der Waals surface area contributed by atoms with Crippen molar-refractivity contribution in [3.63, 3.8) is 0 Å². The highest BCUT2D eigenvalue weighted by atomic mass is 14.9. The molecule has 1 unspecified atom stereocenters. The molecule has 0 bridgehead atoms. The fourth-order valence-corrected chi connectivity index (χ4v) is 7.24. The summed E-state index contributed by atoms with van der Waals surface area (Å²) in [7, 11) is 0. The molecule has 0 radical (unpaired) electrons. The largest absolute Gasteiger partial charge is 0.355 e. The van der Waals surface area contributed by atoms with E-state index in [2.05, 4.69) is 189 Å². The first-order valence-corrected chi connectivity index (χ1v) is 16.0. The third-order valence-corrected chi connectivity index (χ3v) is 9.64. The van der Waals surface area contributed by atoms with Gasteiger partial charge in [-0.15, -0.1) is 0 Å². The Labute approximate surface area is 271 Å². The van der Waals surface area contributed by atoms with E-state index in [4.69, 9.17) is 0 Å². The number of rotatable bonds is 6. The molecule has 0 aliphatic heterocycles. The summed E-state index contributed by atoms with van der Waals surface area (Å²) in [5, 5.41) is 3.81. The van der Waals surface area contributed by atoms with Crippen LogP contribution in [0.3, 0.4) is 0 Å². The first kappa shape index (κ1) is 27.9. The van der Waals surface area contributed by atoms with Crippen molar-refractivity contribution in [2.75, 3.05) is 5.32 Å². The van der Waals surface area contributed by atoms with E-state index in [9.17, 15) is 0 Å². The van der Waals surface area contributed by atoms with Crippen LogP contribution < -0.4 is 5.32 Å². The smallest absolute Gasteiger partial charge is 0.0436 e. The SMILES string of the molecule is Cc1ccc(C2(C)c3ccccc3-c3ccc(Nc4ccc(-c5ccccc5)c(-c5ccccc5-c5ccccc5)c4)cc32)cc1. The van der Waals surface area contributed by atoms with Crippen LogP contribution in [0.1, 0.15) is 29.2 Å². The van der Waals surface area contributed by atoms with Crippen LogP contribution in [-0.2, 0) is 5.41 Å². The number of aryl methyl sites for hydroxylation is 1. The minimum atomic E-state index is -0.242. The van der Waals surface area contributed by atoms with Crippen LogP contribution >= 0.6 is 0 Å². The minimum Gasteiger partial charge on any atom is -0.355 e. The Morgan fingerprint density at radius 2 is 0.891 bits per heavy atom. The number of anilines is 2. The summed E-state index contributed by atoms with van der Waals surface area (Å²) in [5.41, 5.74) is 17.1. The van der Waals surface area contributed by atoms with Crippen molar-refractivity contribution in [1.82, 2.24) is 0 Å². The Bertz CT molecular complexity index is 2180. The molecule has 220 valence electrons. The summed E-state index contributed by atoms with van der Waals surface area (Å²) in [6.45, 7) is 4.53. The van der Waals surface area contributed by atoms with E-state index < -0.39 is 0 Å². The number of nitrogens with one attached hydrogen (secondary N) is 1. The third kappa shape index (κ3) is 4.73. The van der Waals surface area contributed by atoms with Crippen LogP contribution in [-0.4, -0.2) is 0 Å². The first-order valence-electron chi connectivity index (χ1n) is 16.0. The molecule has 1 aliphatic carbocycles. The van der Waals surface area contributed by atoms with Gasteiger partial charge in [0, 0.05) is 16.8 Å². The zero-order chi connectivity index (χ0) is 31.1. The summed E-state index contributed by atoms with van der Waals surface area (Å²) < 4.78 is 0. The lowest BCUT2D eigenvalue weighted by Crippen LogP contribution is -2.22. The Morgan fingerprint density at radius 3 is 1.57 bits per heavy atom. The minimum absolute atomic E-state index is 0.242. The third-order valence-electron chi connectivity index (χ3n) is 9.64. The molecular formula is C45H35N. The zero-order valence-corrected chi connectivity index (χ0v) is 26.2. The highest BCUT2D eigenvalue weighted by Crippen LogP contribution is 2.53. The number of hydrogen-bond donors (Lipinski definition) is 1. The van der Waals surface area contributed by atoms with Crippen molar-refractivity contribution < 1.29 is 0 Å². The van der Waals surface area contributed by atoms with Crippen LogP contribution in [0.4, 0.5) is 11.4 Å². The molecule has 1 N–H and O–H groups in total. The van der Waals surface area contributed by atoms with E-state index in [0.717, 1.165) is 11.4 Å². The summed E-state index contributed by atoms with van der Waals surface area (Å²) in [5.74, 6) is 0. The molecule has 46 heavy (non-hydrogen) atoms. The number of hydrogen-bond acceptors (Lipinski definition) is 1. The van der Waals surface area contributed by atoms with Gasteiger partial charge in [0.05, 0.1) is 0 Å². The lowest BCUT2D eigenvalue weighted by Gasteiger charge is -2.29. The van der Waals surface area contributed by atoms with Gasteiger partial charge in [-0.3, -0.25) is 0 Å². The van der Waals surface area contributed by atoms with Crippen molar-refractivity contribution in [3.8, 4) is 44.5 Å². The second kappa shape index (κ2) is 11.4. The fraction of sp³-hybridized carbons (Fsp3) is 0.0667. The van der Waals surface area contributed by atoms with E-state index in [1.54, 1.807) is 0 Å². The lowest BCUT2D eigenvalue weighted by atomic mass is 9.74. The Balaban J connectivity index is 1.24. The molecule has 0 saturated carbocycles. The van der Waals surface area contributed by atoms with E-state index >= 15 is 0 Å². The van der Waals surface area contributed by atoms with Crippen LogP contribution in [0.5, 0.6) is 0 Å². The predicted octanol–water partition coefficient (Wildman–Crippen LogP) is 12.1. The van der Waals surface area contributed by atoms with Crippen LogP contribution in [0.15, 0.2) is 170 Å². The maximum absolute atomic E-state index is 3.81. The average Bonchev–Trinajstić information content (AvgIpc) is 3.37. The molecule has 1 heteroatoms. The van der Waals surface area contributed by atoms with E-state index in [0.29, 0.717) is 0 Å². The summed E-state index contributed by atoms with van der Waals surface area (Å²) in [4.78, 5) is 0. The maximum atomic E-state index is 3.81. The van der Waals surface area contributed by atoms with Crippen molar-refractivity contribution in [2.45, 2.75) is 19.3 Å². The van der Waals surface area contributed by atoms with Gasteiger partial charge < -0.3 is 5.32 Å². The molecule has 1 aliphatic rings. The molecule has 0 amide bonds. The fourth-order valence-electron chi connectivity index (χ4n) is 7.24. The molecule has 0 saturated heterocycles.